The van der Waals surface area contributed by atoms with Gasteiger partial charge in [-0.15, -0.1) is 24.5 Å². The van der Waals surface area contributed by atoms with Crippen LogP contribution in [0.25, 0.3) is 0 Å². The average Bonchev–Trinajstić information content (AvgIpc) is 3.17. The molecule has 0 saturated carbocycles. The Labute approximate surface area is 174 Å². The predicted octanol–water partition coefficient (Wildman–Crippen LogP) is 4.72. The number of anilines is 2. The predicted molar refractivity (Wildman–Crippen MR) is 107 cm³/mol. The number of nitrogens with one attached hydrogen (secondary N) is 1. The summed E-state index contributed by atoms with van der Waals surface area (Å²) in [6.45, 7) is 0. The van der Waals surface area contributed by atoms with Crippen molar-refractivity contribution in [2.75, 3.05) is 16.7 Å². The van der Waals surface area contributed by atoms with Crippen molar-refractivity contribution in [1.82, 2.24) is 0 Å². The lowest BCUT2D eigenvalue weighted by molar-refractivity contribution is -0.274. The zero-order chi connectivity index (χ0) is 21.9. The molecule has 3 rings (SSSR count). The van der Waals surface area contributed by atoms with E-state index in [0.717, 1.165) is 27.8 Å². The van der Waals surface area contributed by atoms with Gasteiger partial charge >= 0.3 is 6.36 Å². The van der Waals surface area contributed by atoms with Crippen LogP contribution in [0.2, 0.25) is 0 Å². The molecule has 3 aromatic rings. The lowest BCUT2D eigenvalue weighted by atomic mass is 10.3. The summed E-state index contributed by atoms with van der Waals surface area (Å²) in [4.78, 5) is 12.8. The molecule has 1 N–H and O–H groups in total. The Morgan fingerprint density at radius 1 is 1.07 bits per heavy atom. The van der Waals surface area contributed by atoms with Crippen LogP contribution < -0.4 is 14.4 Å². The molecule has 30 heavy (non-hydrogen) atoms. The molecule has 1 amide bonds. The normalized spacial score (nSPS) is 11.7. The van der Waals surface area contributed by atoms with Gasteiger partial charge in [-0.05, 0) is 35.7 Å². The third-order valence-corrected chi connectivity index (χ3v) is 6.61. The minimum Gasteiger partial charge on any atom is -0.406 e. The minimum atomic E-state index is -4.86. The maximum atomic E-state index is 12.8. The maximum Gasteiger partial charge on any atom is 0.573 e. The Hall–Kier alpha value is -3.05. The summed E-state index contributed by atoms with van der Waals surface area (Å²) in [5.74, 6) is -1.16. The Kier molecular flexibility index (Phi) is 6.04. The molecule has 1 heterocycles. The van der Waals surface area contributed by atoms with E-state index in [1.54, 1.807) is 23.6 Å². The number of hydrogen-bond donors (Lipinski definition) is 1. The smallest absolute Gasteiger partial charge is 0.406 e. The first-order valence-corrected chi connectivity index (χ1v) is 10.7. The van der Waals surface area contributed by atoms with Crippen LogP contribution in [0.4, 0.5) is 24.5 Å². The lowest BCUT2D eigenvalue weighted by Crippen LogP contribution is -2.28. The summed E-state index contributed by atoms with van der Waals surface area (Å²) >= 11 is 1.00. The van der Waals surface area contributed by atoms with Crippen molar-refractivity contribution in [2.24, 2.45) is 0 Å². The van der Waals surface area contributed by atoms with Gasteiger partial charge in [0.2, 0.25) is 0 Å². The van der Waals surface area contributed by atoms with E-state index in [1.165, 1.54) is 37.4 Å². The van der Waals surface area contributed by atoms with E-state index in [0.29, 0.717) is 0 Å². The SMILES string of the molecule is CN(c1ccsc1C(=O)Nc1cccc(OC(F)(F)F)c1)S(=O)(=O)c1ccccc1. The molecule has 6 nitrogen and oxygen atoms in total. The second-order valence-electron chi connectivity index (χ2n) is 5.95. The number of alkyl halides is 3. The molecule has 0 spiro atoms. The fourth-order valence-electron chi connectivity index (χ4n) is 2.56. The van der Waals surface area contributed by atoms with E-state index in [9.17, 15) is 26.4 Å². The second-order valence-corrected chi connectivity index (χ2v) is 8.84. The largest absolute Gasteiger partial charge is 0.573 e. The Morgan fingerprint density at radius 2 is 1.77 bits per heavy atom. The number of nitrogens with zero attached hydrogens (tertiary/aromatic N) is 1. The number of carbonyl (C=O) groups excluding carboxylic acids is 1. The third-order valence-electron chi connectivity index (χ3n) is 3.92. The minimum absolute atomic E-state index is 0.0575. The highest BCUT2D eigenvalue weighted by atomic mass is 32.2. The van der Waals surface area contributed by atoms with Gasteiger partial charge in [-0.1, -0.05) is 24.3 Å². The molecular formula is C19H15F3N2O4S2. The number of carbonyl (C=O) groups is 1. The molecule has 0 saturated heterocycles. The van der Waals surface area contributed by atoms with Crippen molar-refractivity contribution in [3.63, 3.8) is 0 Å². The fraction of sp³-hybridized carbons (Fsp3) is 0.105. The van der Waals surface area contributed by atoms with Gasteiger partial charge in [-0.25, -0.2) is 8.42 Å². The summed E-state index contributed by atoms with van der Waals surface area (Å²) < 4.78 is 67.6. The molecule has 158 valence electrons. The van der Waals surface area contributed by atoms with Crippen LogP contribution in [0.3, 0.4) is 0 Å². The van der Waals surface area contributed by atoms with Crippen LogP contribution >= 0.6 is 11.3 Å². The van der Waals surface area contributed by atoms with Gasteiger partial charge in [0.1, 0.15) is 10.6 Å². The number of ether oxygens (including phenoxy) is 1. The molecule has 0 aliphatic carbocycles. The number of benzene rings is 2. The topological polar surface area (TPSA) is 75.7 Å². The summed E-state index contributed by atoms with van der Waals surface area (Å²) in [6.07, 6.45) is -4.86. The summed E-state index contributed by atoms with van der Waals surface area (Å²) in [6, 6.07) is 14.0. The second kappa shape index (κ2) is 8.36. The Bertz CT molecular complexity index is 1150. The molecule has 2 aromatic carbocycles. The van der Waals surface area contributed by atoms with Crippen molar-refractivity contribution >= 4 is 38.6 Å². The number of rotatable bonds is 6. The molecule has 0 fully saturated rings. The Morgan fingerprint density at radius 3 is 2.43 bits per heavy atom. The molecule has 0 unspecified atom stereocenters. The van der Waals surface area contributed by atoms with Gasteiger partial charge in [-0.3, -0.25) is 9.10 Å². The van der Waals surface area contributed by atoms with Gasteiger partial charge in [-0.2, -0.15) is 0 Å². The van der Waals surface area contributed by atoms with Crippen molar-refractivity contribution in [2.45, 2.75) is 11.3 Å². The average molecular weight is 456 g/mol. The van der Waals surface area contributed by atoms with Gasteiger partial charge in [0.15, 0.2) is 0 Å². The van der Waals surface area contributed by atoms with E-state index in [2.05, 4.69) is 10.1 Å². The number of amides is 1. The number of halogens is 3. The monoisotopic (exact) mass is 456 g/mol. The quantitative estimate of drug-likeness (QED) is 0.582. The zero-order valence-corrected chi connectivity index (χ0v) is 17.0. The van der Waals surface area contributed by atoms with Gasteiger partial charge in [0.25, 0.3) is 15.9 Å². The van der Waals surface area contributed by atoms with Crippen molar-refractivity contribution in [1.29, 1.82) is 0 Å². The number of sulfonamides is 1. The molecule has 1 aromatic heterocycles. The van der Waals surface area contributed by atoms with Crippen molar-refractivity contribution < 1.29 is 31.1 Å². The first-order valence-electron chi connectivity index (χ1n) is 8.36. The number of hydrogen-bond acceptors (Lipinski definition) is 5. The first kappa shape index (κ1) is 21.7. The molecule has 0 aliphatic heterocycles. The van der Waals surface area contributed by atoms with Crippen LogP contribution in [0.1, 0.15) is 9.67 Å². The lowest BCUT2D eigenvalue weighted by Gasteiger charge is -2.19. The molecule has 0 radical (unpaired) electrons. The van der Waals surface area contributed by atoms with E-state index in [1.807, 2.05) is 0 Å². The fourth-order valence-corrected chi connectivity index (χ4v) is 4.66. The molecular weight excluding hydrogens is 441 g/mol. The summed E-state index contributed by atoms with van der Waals surface area (Å²) in [5, 5.41) is 4.01. The Balaban J connectivity index is 1.83. The standard InChI is InChI=1S/C19H15F3N2O4S2/c1-24(30(26,27)15-8-3-2-4-9-15)16-10-11-29-17(16)18(25)23-13-6-5-7-14(12-13)28-19(20,21)22/h2-12H,1H3,(H,23,25). The van der Waals surface area contributed by atoms with Gasteiger partial charge in [0, 0.05) is 18.8 Å². The van der Waals surface area contributed by atoms with E-state index < -0.39 is 28.0 Å². The van der Waals surface area contributed by atoms with E-state index in [4.69, 9.17) is 0 Å². The van der Waals surface area contributed by atoms with Crippen LogP contribution in [0.5, 0.6) is 5.75 Å². The third kappa shape index (κ3) is 4.92. The van der Waals surface area contributed by atoms with Crippen molar-refractivity contribution in [3.8, 4) is 5.75 Å². The molecule has 0 bridgehead atoms. The maximum absolute atomic E-state index is 12.8. The molecule has 0 aliphatic rings. The molecule has 11 heteroatoms. The summed E-state index contributed by atoms with van der Waals surface area (Å²) in [7, 11) is -2.58. The van der Waals surface area contributed by atoms with Crippen LogP contribution in [0.15, 0.2) is 70.9 Å². The van der Waals surface area contributed by atoms with Crippen molar-refractivity contribution in [3.05, 3.63) is 70.9 Å². The van der Waals surface area contributed by atoms with Gasteiger partial charge in [0.05, 0.1) is 10.6 Å². The van der Waals surface area contributed by atoms with Crippen LogP contribution in [0, 0.1) is 0 Å². The summed E-state index contributed by atoms with van der Waals surface area (Å²) in [5.41, 5.74) is 0.207. The van der Waals surface area contributed by atoms with Gasteiger partial charge < -0.3 is 10.1 Å². The number of thiophene rings is 1. The highest BCUT2D eigenvalue weighted by Gasteiger charge is 2.31. The van der Waals surface area contributed by atoms with Crippen LogP contribution in [-0.2, 0) is 10.0 Å². The van der Waals surface area contributed by atoms with Crippen LogP contribution in [-0.4, -0.2) is 27.7 Å². The zero-order valence-electron chi connectivity index (χ0n) is 15.4. The van der Waals surface area contributed by atoms with E-state index in [-0.39, 0.29) is 21.1 Å². The van der Waals surface area contributed by atoms with E-state index >= 15 is 0 Å². The first-order chi connectivity index (χ1) is 14.1. The highest BCUT2D eigenvalue weighted by molar-refractivity contribution is 7.92. The molecule has 0 atom stereocenters. The highest BCUT2D eigenvalue weighted by Crippen LogP contribution is 2.31.